The Morgan fingerprint density at radius 1 is 1.50 bits per heavy atom. The highest BCUT2D eigenvalue weighted by Gasteiger charge is 2.23. The zero-order valence-electron chi connectivity index (χ0n) is 7.66. The van der Waals surface area contributed by atoms with E-state index in [0.29, 0.717) is 17.4 Å². The Kier molecular flexibility index (Phi) is 2.04. The number of aromatic carboxylic acids is 1. The number of hydrogen-bond acceptors (Lipinski definition) is 3. The van der Waals surface area contributed by atoms with E-state index in [0.717, 1.165) is 12.8 Å². The monoisotopic (exact) mass is 192 g/mol. The highest BCUT2D eigenvalue weighted by Crippen LogP contribution is 2.28. The summed E-state index contributed by atoms with van der Waals surface area (Å²) in [5, 5.41) is 12.1. The molecule has 74 valence electrons. The molecule has 1 aromatic carbocycles. The fraction of sp³-hybridized carbons (Fsp3) is 0.300. The van der Waals surface area contributed by atoms with Crippen LogP contribution in [-0.2, 0) is 0 Å². The molecule has 1 fully saturated rings. The molecule has 0 amide bonds. The van der Waals surface area contributed by atoms with E-state index >= 15 is 0 Å². The zero-order chi connectivity index (χ0) is 10.1. The highest BCUT2D eigenvalue weighted by atomic mass is 16.4. The third-order valence-corrected chi connectivity index (χ3v) is 2.21. The summed E-state index contributed by atoms with van der Waals surface area (Å²) in [5.74, 6) is -0.923. The number of nitrogens with one attached hydrogen (secondary N) is 1. The van der Waals surface area contributed by atoms with Crippen LogP contribution in [0.1, 0.15) is 23.2 Å². The van der Waals surface area contributed by atoms with E-state index in [1.54, 1.807) is 12.1 Å². The molecule has 1 aliphatic rings. The van der Waals surface area contributed by atoms with Crippen molar-refractivity contribution < 1.29 is 9.90 Å². The second-order valence-corrected chi connectivity index (χ2v) is 3.53. The molecule has 0 bridgehead atoms. The number of carboxylic acids is 1. The van der Waals surface area contributed by atoms with Gasteiger partial charge in [-0.1, -0.05) is 0 Å². The van der Waals surface area contributed by atoms with Crippen molar-refractivity contribution in [1.82, 2.24) is 0 Å². The largest absolute Gasteiger partial charge is 0.478 e. The van der Waals surface area contributed by atoms with Crippen LogP contribution >= 0.6 is 0 Å². The topological polar surface area (TPSA) is 75.4 Å². The minimum atomic E-state index is -0.923. The molecule has 0 heterocycles. The minimum Gasteiger partial charge on any atom is -0.478 e. The van der Waals surface area contributed by atoms with Crippen molar-refractivity contribution in [2.45, 2.75) is 18.9 Å². The van der Waals surface area contributed by atoms with Crippen molar-refractivity contribution in [3.8, 4) is 0 Å². The van der Waals surface area contributed by atoms with Gasteiger partial charge in [0.25, 0.3) is 0 Å². The van der Waals surface area contributed by atoms with Gasteiger partial charge >= 0.3 is 5.97 Å². The summed E-state index contributed by atoms with van der Waals surface area (Å²) in [6.07, 6.45) is 2.21. The number of anilines is 2. The van der Waals surface area contributed by atoms with Crippen LogP contribution in [0.3, 0.4) is 0 Å². The summed E-state index contributed by atoms with van der Waals surface area (Å²) in [4.78, 5) is 10.9. The standard InChI is InChI=1S/C10H12N2O2/c11-6-1-4-8(10(13)14)9(5-6)12-7-2-3-7/h1,4-5,7,12H,2-3,11H2,(H,13,14). The zero-order valence-corrected chi connectivity index (χ0v) is 7.66. The van der Waals surface area contributed by atoms with Crippen LogP contribution in [0.2, 0.25) is 0 Å². The normalized spacial score (nSPS) is 15.1. The average Bonchev–Trinajstić information content (AvgIpc) is 2.87. The first-order valence-electron chi connectivity index (χ1n) is 4.56. The van der Waals surface area contributed by atoms with Crippen LogP contribution < -0.4 is 11.1 Å². The van der Waals surface area contributed by atoms with Gasteiger partial charge in [-0.25, -0.2) is 4.79 Å². The van der Waals surface area contributed by atoms with Crippen LogP contribution in [-0.4, -0.2) is 17.1 Å². The summed E-state index contributed by atoms with van der Waals surface area (Å²) >= 11 is 0. The first kappa shape index (κ1) is 8.87. The van der Waals surface area contributed by atoms with Crippen molar-refractivity contribution >= 4 is 17.3 Å². The van der Waals surface area contributed by atoms with Gasteiger partial charge in [0.05, 0.1) is 11.3 Å². The molecule has 0 radical (unpaired) electrons. The molecule has 1 saturated carbocycles. The first-order chi connectivity index (χ1) is 6.66. The molecule has 14 heavy (non-hydrogen) atoms. The summed E-state index contributed by atoms with van der Waals surface area (Å²) < 4.78 is 0. The Morgan fingerprint density at radius 2 is 2.21 bits per heavy atom. The molecule has 0 unspecified atom stereocenters. The Hall–Kier alpha value is -1.71. The molecule has 1 aliphatic carbocycles. The van der Waals surface area contributed by atoms with E-state index in [4.69, 9.17) is 10.8 Å². The molecule has 0 atom stereocenters. The fourth-order valence-corrected chi connectivity index (χ4v) is 1.32. The lowest BCUT2D eigenvalue weighted by Gasteiger charge is -2.08. The van der Waals surface area contributed by atoms with Gasteiger partial charge in [-0.05, 0) is 31.0 Å². The maximum Gasteiger partial charge on any atom is 0.337 e. The summed E-state index contributed by atoms with van der Waals surface area (Å²) in [6, 6.07) is 5.22. The molecule has 4 nitrogen and oxygen atoms in total. The van der Waals surface area contributed by atoms with E-state index in [1.807, 2.05) is 0 Å². The van der Waals surface area contributed by atoms with Crippen LogP contribution in [0.25, 0.3) is 0 Å². The Balaban J connectivity index is 2.31. The lowest BCUT2D eigenvalue weighted by Crippen LogP contribution is -2.08. The van der Waals surface area contributed by atoms with Crippen LogP contribution in [0.5, 0.6) is 0 Å². The number of carboxylic acid groups (broad SMARTS) is 1. The van der Waals surface area contributed by atoms with Crippen molar-refractivity contribution in [2.24, 2.45) is 0 Å². The third-order valence-electron chi connectivity index (χ3n) is 2.21. The lowest BCUT2D eigenvalue weighted by molar-refractivity contribution is 0.0698. The van der Waals surface area contributed by atoms with Gasteiger partial charge in [-0.2, -0.15) is 0 Å². The molecular weight excluding hydrogens is 180 g/mol. The maximum absolute atomic E-state index is 10.9. The van der Waals surface area contributed by atoms with E-state index < -0.39 is 5.97 Å². The van der Waals surface area contributed by atoms with Gasteiger partial charge in [0.2, 0.25) is 0 Å². The number of rotatable bonds is 3. The SMILES string of the molecule is Nc1ccc(C(=O)O)c(NC2CC2)c1. The molecule has 4 heteroatoms. The lowest BCUT2D eigenvalue weighted by atomic mass is 10.1. The number of benzene rings is 1. The second-order valence-electron chi connectivity index (χ2n) is 3.53. The summed E-state index contributed by atoms with van der Waals surface area (Å²) in [7, 11) is 0. The third kappa shape index (κ3) is 1.79. The van der Waals surface area contributed by atoms with Gasteiger partial charge in [0.1, 0.15) is 0 Å². The number of carbonyl (C=O) groups is 1. The predicted molar refractivity (Wildman–Crippen MR) is 54.5 cm³/mol. The molecule has 2 rings (SSSR count). The van der Waals surface area contributed by atoms with Crippen LogP contribution in [0, 0.1) is 0 Å². The number of nitrogen functional groups attached to an aromatic ring is 1. The summed E-state index contributed by atoms with van der Waals surface area (Å²) in [6.45, 7) is 0. The van der Waals surface area contributed by atoms with Crippen molar-refractivity contribution in [2.75, 3.05) is 11.1 Å². The predicted octanol–water partition coefficient (Wildman–Crippen LogP) is 1.54. The van der Waals surface area contributed by atoms with E-state index in [9.17, 15) is 4.79 Å². The maximum atomic E-state index is 10.9. The Bertz CT molecular complexity index is 372. The fourth-order valence-electron chi connectivity index (χ4n) is 1.32. The highest BCUT2D eigenvalue weighted by molar-refractivity contribution is 5.95. The Morgan fingerprint density at radius 3 is 2.79 bits per heavy atom. The van der Waals surface area contributed by atoms with E-state index in [1.165, 1.54) is 6.07 Å². The van der Waals surface area contributed by atoms with E-state index in [2.05, 4.69) is 5.32 Å². The Labute approximate surface area is 81.7 Å². The van der Waals surface area contributed by atoms with Gasteiger partial charge in [-0.3, -0.25) is 0 Å². The van der Waals surface area contributed by atoms with Gasteiger partial charge in [-0.15, -0.1) is 0 Å². The molecule has 0 aliphatic heterocycles. The van der Waals surface area contributed by atoms with Crippen molar-refractivity contribution in [3.63, 3.8) is 0 Å². The molecule has 4 N–H and O–H groups in total. The quantitative estimate of drug-likeness (QED) is 0.635. The first-order valence-corrected chi connectivity index (χ1v) is 4.56. The smallest absolute Gasteiger partial charge is 0.337 e. The minimum absolute atomic E-state index is 0.283. The molecule has 0 saturated heterocycles. The molecule has 1 aromatic rings. The van der Waals surface area contributed by atoms with Gasteiger partial charge < -0.3 is 16.2 Å². The van der Waals surface area contributed by atoms with Crippen LogP contribution in [0.4, 0.5) is 11.4 Å². The van der Waals surface area contributed by atoms with Crippen molar-refractivity contribution in [3.05, 3.63) is 23.8 Å². The number of nitrogens with two attached hydrogens (primary N) is 1. The van der Waals surface area contributed by atoms with Gasteiger partial charge in [0.15, 0.2) is 0 Å². The second kappa shape index (κ2) is 3.21. The van der Waals surface area contributed by atoms with E-state index in [-0.39, 0.29) is 5.56 Å². The molecular formula is C10H12N2O2. The van der Waals surface area contributed by atoms with Crippen LogP contribution in [0.15, 0.2) is 18.2 Å². The molecule has 0 spiro atoms. The average molecular weight is 192 g/mol. The molecule has 0 aromatic heterocycles. The number of hydrogen-bond donors (Lipinski definition) is 3. The van der Waals surface area contributed by atoms with Crippen molar-refractivity contribution in [1.29, 1.82) is 0 Å². The van der Waals surface area contributed by atoms with Gasteiger partial charge in [0, 0.05) is 11.7 Å². The summed E-state index contributed by atoms with van der Waals surface area (Å²) in [5.41, 5.74) is 7.08.